The maximum Gasteiger partial charge on any atom is 0.269 e. The first kappa shape index (κ1) is 16.5. The molecule has 5 heteroatoms. The molecule has 2 N–H and O–H groups in total. The molecular formula is C21H21N3O2. The Morgan fingerprint density at radius 2 is 1.69 bits per heavy atom. The summed E-state index contributed by atoms with van der Waals surface area (Å²) in [4.78, 5) is 29.9. The van der Waals surface area contributed by atoms with Gasteiger partial charge in [0.2, 0.25) is 12.1 Å². The zero-order valence-electron chi connectivity index (χ0n) is 14.4. The highest BCUT2D eigenvalue weighted by molar-refractivity contribution is 6.19. The van der Waals surface area contributed by atoms with Crippen molar-refractivity contribution in [3.63, 3.8) is 0 Å². The van der Waals surface area contributed by atoms with Crippen LogP contribution in [0.4, 0.5) is 5.69 Å². The molecule has 1 aliphatic carbocycles. The molecule has 4 rings (SSSR count). The van der Waals surface area contributed by atoms with Crippen molar-refractivity contribution in [2.75, 3.05) is 5.32 Å². The number of hydrogen-bond acceptors (Lipinski definition) is 3. The molecule has 0 spiro atoms. The molecule has 2 amide bonds. The van der Waals surface area contributed by atoms with Gasteiger partial charge in [-0.3, -0.25) is 9.59 Å². The molecule has 2 aromatic rings. The molecule has 1 heterocycles. The summed E-state index contributed by atoms with van der Waals surface area (Å²) in [5, 5.41) is 5.75. The number of aliphatic imine (C=N–C) groups is 1. The van der Waals surface area contributed by atoms with Gasteiger partial charge in [0.1, 0.15) is 0 Å². The number of anilines is 1. The second-order valence-electron chi connectivity index (χ2n) is 6.77. The molecule has 0 radical (unpaired) electrons. The number of fused-ring (bicyclic) bond motifs is 1. The summed E-state index contributed by atoms with van der Waals surface area (Å²) >= 11 is 0. The zero-order chi connectivity index (χ0) is 17.9. The smallest absolute Gasteiger partial charge is 0.269 e. The van der Waals surface area contributed by atoms with Crippen molar-refractivity contribution in [2.45, 2.75) is 31.8 Å². The Balaban J connectivity index is 1.71. The van der Waals surface area contributed by atoms with Crippen LogP contribution in [0.25, 0.3) is 0 Å². The molecule has 0 aromatic heterocycles. The number of amides is 2. The highest BCUT2D eigenvalue weighted by Crippen LogP contribution is 2.26. The monoisotopic (exact) mass is 347 g/mol. The van der Waals surface area contributed by atoms with E-state index in [1.54, 1.807) is 0 Å². The van der Waals surface area contributed by atoms with E-state index in [4.69, 9.17) is 0 Å². The highest BCUT2D eigenvalue weighted by atomic mass is 16.2. The average Bonchev–Trinajstić information content (AvgIpc) is 3.17. The summed E-state index contributed by atoms with van der Waals surface area (Å²) in [5.41, 5.74) is 3.18. The summed E-state index contributed by atoms with van der Waals surface area (Å²) in [6, 6.07) is 17.3. The van der Waals surface area contributed by atoms with Crippen LogP contribution in [-0.4, -0.2) is 23.7 Å². The number of para-hydroxylation sites is 1. The van der Waals surface area contributed by atoms with Gasteiger partial charge in [-0.15, -0.1) is 0 Å². The molecule has 0 bridgehead atoms. The van der Waals surface area contributed by atoms with Crippen molar-refractivity contribution in [3.8, 4) is 0 Å². The minimum absolute atomic E-state index is 0.0104. The lowest BCUT2D eigenvalue weighted by Gasteiger charge is -2.16. The lowest BCUT2D eigenvalue weighted by Crippen LogP contribution is -2.44. The van der Waals surface area contributed by atoms with Gasteiger partial charge >= 0.3 is 0 Å². The number of benzene rings is 2. The van der Waals surface area contributed by atoms with E-state index in [0.29, 0.717) is 11.4 Å². The van der Waals surface area contributed by atoms with Gasteiger partial charge in [0.15, 0.2) is 0 Å². The Kier molecular flexibility index (Phi) is 4.52. The van der Waals surface area contributed by atoms with Crippen LogP contribution < -0.4 is 10.6 Å². The standard InChI is InChI=1S/C21H21N3O2/c25-20(15-10-4-5-11-15)24-19-21(26)22-17-13-7-6-12-16(17)18(23-19)14-8-2-1-3-9-14/h1-3,6-9,12-13,15,19H,4-5,10-11H2,(H,22,26)(H,24,25). The fraction of sp³-hybridized carbons (Fsp3) is 0.286. The maximum atomic E-state index is 12.7. The Morgan fingerprint density at radius 1 is 1.00 bits per heavy atom. The van der Waals surface area contributed by atoms with Crippen molar-refractivity contribution in [1.29, 1.82) is 0 Å². The van der Waals surface area contributed by atoms with E-state index < -0.39 is 6.17 Å². The second-order valence-corrected chi connectivity index (χ2v) is 6.77. The minimum Gasteiger partial charge on any atom is -0.326 e. The Morgan fingerprint density at radius 3 is 2.46 bits per heavy atom. The Hall–Kier alpha value is -2.95. The first-order valence-electron chi connectivity index (χ1n) is 9.06. The van der Waals surface area contributed by atoms with Crippen molar-refractivity contribution in [2.24, 2.45) is 10.9 Å². The first-order valence-corrected chi connectivity index (χ1v) is 9.06. The zero-order valence-corrected chi connectivity index (χ0v) is 14.4. The number of carbonyl (C=O) groups excluding carboxylic acids is 2. The molecule has 26 heavy (non-hydrogen) atoms. The molecule has 1 unspecified atom stereocenters. The van der Waals surface area contributed by atoms with E-state index in [9.17, 15) is 9.59 Å². The fourth-order valence-electron chi connectivity index (χ4n) is 3.62. The van der Waals surface area contributed by atoms with Crippen molar-refractivity contribution in [3.05, 3.63) is 65.7 Å². The molecule has 1 atom stereocenters. The van der Waals surface area contributed by atoms with E-state index in [1.165, 1.54) is 0 Å². The molecule has 0 saturated heterocycles. The fourth-order valence-corrected chi connectivity index (χ4v) is 3.62. The lowest BCUT2D eigenvalue weighted by atomic mass is 10.0. The second kappa shape index (κ2) is 7.12. The normalized spacial score (nSPS) is 19.9. The number of carbonyl (C=O) groups is 2. The molecule has 132 valence electrons. The van der Waals surface area contributed by atoms with Crippen LogP contribution in [0.15, 0.2) is 59.6 Å². The molecule has 1 fully saturated rings. The van der Waals surface area contributed by atoms with Gasteiger partial charge < -0.3 is 10.6 Å². The third-order valence-corrected chi connectivity index (χ3v) is 5.00. The van der Waals surface area contributed by atoms with E-state index in [0.717, 1.165) is 36.8 Å². The van der Waals surface area contributed by atoms with E-state index in [-0.39, 0.29) is 17.7 Å². The molecule has 2 aliphatic rings. The molecular weight excluding hydrogens is 326 g/mol. The SMILES string of the molecule is O=C(NC1N=C(c2ccccc2)c2ccccc2NC1=O)C1CCCC1. The average molecular weight is 347 g/mol. The number of rotatable bonds is 3. The molecule has 2 aromatic carbocycles. The van der Waals surface area contributed by atoms with Crippen LogP contribution in [0, 0.1) is 5.92 Å². The van der Waals surface area contributed by atoms with E-state index in [1.807, 2.05) is 54.6 Å². The van der Waals surface area contributed by atoms with Gasteiger partial charge in [0.25, 0.3) is 5.91 Å². The van der Waals surface area contributed by atoms with Crippen LogP contribution in [0.5, 0.6) is 0 Å². The topological polar surface area (TPSA) is 70.6 Å². The summed E-state index contributed by atoms with van der Waals surface area (Å²) in [6.07, 6.45) is 2.98. The third kappa shape index (κ3) is 3.25. The van der Waals surface area contributed by atoms with Crippen molar-refractivity contribution in [1.82, 2.24) is 5.32 Å². The predicted molar refractivity (Wildman–Crippen MR) is 101 cm³/mol. The molecule has 1 aliphatic heterocycles. The quantitative estimate of drug-likeness (QED) is 0.896. The highest BCUT2D eigenvalue weighted by Gasteiger charge is 2.30. The maximum absolute atomic E-state index is 12.7. The van der Waals surface area contributed by atoms with Gasteiger partial charge in [-0.05, 0) is 18.9 Å². The van der Waals surface area contributed by atoms with Crippen LogP contribution >= 0.6 is 0 Å². The van der Waals surface area contributed by atoms with Crippen LogP contribution in [-0.2, 0) is 9.59 Å². The Labute approximate surface area is 152 Å². The first-order chi connectivity index (χ1) is 12.7. The van der Waals surface area contributed by atoms with Crippen molar-refractivity contribution < 1.29 is 9.59 Å². The molecule has 1 saturated carbocycles. The van der Waals surface area contributed by atoms with Crippen LogP contribution in [0.1, 0.15) is 36.8 Å². The molecule has 5 nitrogen and oxygen atoms in total. The minimum atomic E-state index is -0.925. The van der Waals surface area contributed by atoms with Gasteiger partial charge in [0.05, 0.1) is 11.4 Å². The van der Waals surface area contributed by atoms with Gasteiger partial charge in [-0.2, -0.15) is 0 Å². The predicted octanol–water partition coefficient (Wildman–Crippen LogP) is 3.11. The van der Waals surface area contributed by atoms with E-state index >= 15 is 0 Å². The van der Waals surface area contributed by atoms with Gasteiger partial charge in [-0.1, -0.05) is 61.4 Å². The largest absolute Gasteiger partial charge is 0.326 e. The number of benzodiazepines with no additional fused rings is 1. The van der Waals surface area contributed by atoms with E-state index in [2.05, 4.69) is 15.6 Å². The summed E-state index contributed by atoms with van der Waals surface area (Å²) in [7, 11) is 0. The van der Waals surface area contributed by atoms with Crippen LogP contribution in [0.2, 0.25) is 0 Å². The Bertz CT molecular complexity index is 855. The summed E-state index contributed by atoms with van der Waals surface area (Å²) in [6.45, 7) is 0. The third-order valence-electron chi connectivity index (χ3n) is 5.00. The summed E-state index contributed by atoms with van der Waals surface area (Å²) in [5.74, 6) is -0.400. The number of hydrogen-bond donors (Lipinski definition) is 2. The van der Waals surface area contributed by atoms with Gasteiger partial charge in [-0.25, -0.2) is 4.99 Å². The number of nitrogens with zero attached hydrogens (tertiary/aromatic N) is 1. The van der Waals surface area contributed by atoms with Gasteiger partial charge in [0, 0.05) is 17.0 Å². The lowest BCUT2D eigenvalue weighted by molar-refractivity contribution is -0.129. The van der Waals surface area contributed by atoms with Crippen molar-refractivity contribution >= 4 is 23.2 Å². The summed E-state index contributed by atoms with van der Waals surface area (Å²) < 4.78 is 0. The number of nitrogens with one attached hydrogen (secondary N) is 2. The van der Waals surface area contributed by atoms with Crippen LogP contribution in [0.3, 0.4) is 0 Å².